The molecule has 0 saturated heterocycles. The van der Waals surface area contributed by atoms with Crippen LogP contribution in [0.2, 0.25) is 0 Å². The van der Waals surface area contributed by atoms with Gasteiger partial charge in [0.25, 0.3) is 0 Å². The molecule has 0 atom stereocenters. The van der Waals surface area contributed by atoms with Crippen LogP contribution in [-0.4, -0.2) is 30.8 Å². The second kappa shape index (κ2) is 4.62. The van der Waals surface area contributed by atoms with E-state index in [4.69, 9.17) is 0 Å². The standard InChI is InChI=1S/C8H14F2O5S/c1-4-7(2,3)6(11)15-5-8(9,10)16(12,13)14/h4-5H2,1-3H3,(H,12,13,14)/p-1. The van der Waals surface area contributed by atoms with Crippen molar-refractivity contribution in [1.82, 2.24) is 0 Å². The van der Waals surface area contributed by atoms with E-state index in [-0.39, 0.29) is 0 Å². The Morgan fingerprint density at radius 3 is 2.12 bits per heavy atom. The van der Waals surface area contributed by atoms with E-state index in [0.29, 0.717) is 6.42 Å². The Morgan fingerprint density at radius 2 is 1.81 bits per heavy atom. The minimum Gasteiger partial charge on any atom is -0.743 e. The molecule has 0 aliphatic heterocycles. The normalized spacial score (nSPS) is 13.6. The van der Waals surface area contributed by atoms with Crippen molar-refractivity contribution in [2.45, 2.75) is 32.4 Å². The predicted octanol–water partition coefficient (Wildman–Crippen LogP) is 1.10. The Morgan fingerprint density at radius 1 is 1.38 bits per heavy atom. The van der Waals surface area contributed by atoms with Crippen molar-refractivity contribution in [1.29, 1.82) is 0 Å². The zero-order chi connectivity index (χ0) is 13.2. The molecular weight excluding hydrogens is 246 g/mol. The van der Waals surface area contributed by atoms with Crippen molar-refractivity contribution in [2.75, 3.05) is 6.61 Å². The third-order valence-corrected chi connectivity index (χ3v) is 3.02. The maximum absolute atomic E-state index is 12.6. The van der Waals surface area contributed by atoms with Crippen LogP contribution in [0.5, 0.6) is 0 Å². The molecule has 0 radical (unpaired) electrons. The highest BCUT2D eigenvalue weighted by Gasteiger charge is 2.40. The van der Waals surface area contributed by atoms with Crippen LogP contribution < -0.4 is 0 Å². The van der Waals surface area contributed by atoms with Gasteiger partial charge < -0.3 is 9.29 Å². The fourth-order valence-electron chi connectivity index (χ4n) is 0.561. The van der Waals surface area contributed by atoms with Gasteiger partial charge in [0, 0.05) is 0 Å². The van der Waals surface area contributed by atoms with Gasteiger partial charge in [-0.25, -0.2) is 8.42 Å². The zero-order valence-corrected chi connectivity index (χ0v) is 9.94. The summed E-state index contributed by atoms with van der Waals surface area (Å²) in [7, 11) is -5.81. The summed E-state index contributed by atoms with van der Waals surface area (Å²) in [6.07, 6.45) is 0.335. The Hall–Kier alpha value is -0.760. The smallest absolute Gasteiger partial charge is 0.367 e. The van der Waals surface area contributed by atoms with E-state index in [1.54, 1.807) is 6.92 Å². The first-order chi connectivity index (χ1) is 6.94. The molecule has 0 N–H and O–H groups in total. The first-order valence-corrected chi connectivity index (χ1v) is 5.85. The Kier molecular flexibility index (Phi) is 4.40. The van der Waals surface area contributed by atoms with Gasteiger partial charge in [0.2, 0.25) is 0 Å². The molecule has 0 aromatic rings. The molecule has 0 fully saturated rings. The van der Waals surface area contributed by atoms with Gasteiger partial charge in [0.05, 0.1) is 5.41 Å². The number of esters is 1. The van der Waals surface area contributed by atoms with Crippen LogP contribution in [0.1, 0.15) is 27.2 Å². The highest BCUT2D eigenvalue weighted by Crippen LogP contribution is 2.25. The summed E-state index contributed by atoms with van der Waals surface area (Å²) in [5, 5.41) is -4.59. The van der Waals surface area contributed by atoms with Gasteiger partial charge in [-0.1, -0.05) is 6.92 Å². The summed E-state index contributed by atoms with van der Waals surface area (Å²) in [4.78, 5) is 11.2. The average molecular weight is 259 g/mol. The second-order valence-electron chi connectivity index (χ2n) is 3.91. The quantitative estimate of drug-likeness (QED) is 0.545. The van der Waals surface area contributed by atoms with Gasteiger partial charge in [0.1, 0.15) is 0 Å². The van der Waals surface area contributed by atoms with Crippen LogP contribution in [0.4, 0.5) is 8.78 Å². The molecule has 0 heterocycles. The van der Waals surface area contributed by atoms with E-state index in [9.17, 15) is 26.5 Å². The topological polar surface area (TPSA) is 83.5 Å². The van der Waals surface area contributed by atoms with Crippen LogP contribution in [0.3, 0.4) is 0 Å². The van der Waals surface area contributed by atoms with E-state index < -0.39 is 33.4 Å². The van der Waals surface area contributed by atoms with Crippen LogP contribution >= 0.6 is 0 Å². The molecule has 0 unspecified atom stereocenters. The molecule has 96 valence electrons. The fourth-order valence-corrected chi connectivity index (χ4v) is 0.765. The lowest BCUT2D eigenvalue weighted by Crippen LogP contribution is -2.37. The van der Waals surface area contributed by atoms with Crippen molar-refractivity contribution in [2.24, 2.45) is 5.41 Å². The number of carbonyl (C=O) groups is 1. The van der Waals surface area contributed by atoms with E-state index in [1.807, 2.05) is 0 Å². The van der Waals surface area contributed by atoms with Crippen LogP contribution in [-0.2, 0) is 19.6 Å². The molecule has 0 aromatic carbocycles. The molecule has 0 saturated carbocycles. The van der Waals surface area contributed by atoms with Crippen LogP contribution in [0.15, 0.2) is 0 Å². The summed E-state index contributed by atoms with van der Waals surface area (Å²) < 4.78 is 59.6. The highest BCUT2D eigenvalue weighted by atomic mass is 32.2. The van der Waals surface area contributed by atoms with E-state index in [1.165, 1.54) is 13.8 Å². The Labute approximate surface area is 92.5 Å². The van der Waals surface area contributed by atoms with E-state index in [2.05, 4.69) is 4.74 Å². The molecule has 0 aliphatic carbocycles. The summed E-state index contributed by atoms with van der Waals surface area (Å²) >= 11 is 0. The summed E-state index contributed by atoms with van der Waals surface area (Å²) in [6, 6.07) is 0. The third kappa shape index (κ3) is 3.67. The molecule has 0 bridgehead atoms. The third-order valence-electron chi connectivity index (χ3n) is 2.17. The minimum atomic E-state index is -5.81. The lowest BCUT2D eigenvalue weighted by molar-refractivity contribution is -0.160. The van der Waals surface area contributed by atoms with Crippen LogP contribution in [0, 0.1) is 5.41 Å². The van der Waals surface area contributed by atoms with Crippen molar-refractivity contribution < 1.29 is 31.3 Å². The minimum absolute atomic E-state index is 0.335. The first-order valence-electron chi connectivity index (χ1n) is 4.44. The SMILES string of the molecule is CCC(C)(C)C(=O)OCC(F)(F)S(=O)(=O)[O-]. The van der Waals surface area contributed by atoms with Gasteiger partial charge in [-0.05, 0) is 20.3 Å². The van der Waals surface area contributed by atoms with Crippen molar-refractivity contribution in [3.8, 4) is 0 Å². The number of carbonyl (C=O) groups excluding carboxylic acids is 1. The van der Waals surface area contributed by atoms with Crippen LogP contribution in [0.25, 0.3) is 0 Å². The number of halogens is 2. The molecule has 8 heteroatoms. The van der Waals surface area contributed by atoms with Gasteiger partial charge >= 0.3 is 11.2 Å². The number of rotatable bonds is 5. The van der Waals surface area contributed by atoms with E-state index >= 15 is 0 Å². The monoisotopic (exact) mass is 259 g/mol. The molecule has 0 aromatic heterocycles. The first kappa shape index (κ1) is 15.2. The number of alkyl halides is 2. The molecule has 0 spiro atoms. The van der Waals surface area contributed by atoms with Crippen molar-refractivity contribution >= 4 is 16.1 Å². The molecule has 16 heavy (non-hydrogen) atoms. The maximum atomic E-state index is 12.6. The largest absolute Gasteiger partial charge is 0.743 e. The zero-order valence-electron chi connectivity index (χ0n) is 9.12. The van der Waals surface area contributed by atoms with Gasteiger partial charge in [0.15, 0.2) is 16.7 Å². The lowest BCUT2D eigenvalue weighted by atomic mass is 9.91. The molecule has 0 aliphatic rings. The predicted molar refractivity (Wildman–Crippen MR) is 49.7 cm³/mol. The maximum Gasteiger partial charge on any atom is 0.367 e. The highest BCUT2D eigenvalue weighted by molar-refractivity contribution is 7.86. The second-order valence-corrected chi connectivity index (χ2v) is 5.41. The summed E-state index contributed by atoms with van der Waals surface area (Å²) in [5.74, 6) is -0.974. The Bertz CT molecular complexity index is 361. The van der Waals surface area contributed by atoms with Gasteiger partial charge in [-0.15, -0.1) is 0 Å². The van der Waals surface area contributed by atoms with Gasteiger partial charge in [-0.3, -0.25) is 4.79 Å². The summed E-state index contributed by atoms with van der Waals surface area (Å²) in [6.45, 7) is 2.81. The molecule has 5 nitrogen and oxygen atoms in total. The molecule has 0 amide bonds. The molecule has 0 rings (SSSR count). The number of ether oxygens (including phenoxy) is 1. The van der Waals surface area contributed by atoms with Crippen molar-refractivity contribution in [3.63, 3.8) is 0 Å². The number of hydrogen-bond acceptors (Lipinski definition) is 5. The summed E-state index contributed by atoms with van der Waals surface area (Å²) in [5.41, 5.74) is -0.997. The van der Waals surface area contributed by atoms with Gasteiger partial charge in [-0.2, -0.15) is 8.78 Å². The molecular formula is C8H13F2O5S-. The number of hydrogen-bond donors (Lipinski definition) is 0. The Balaban J connectivity index is 4.55. The van der Waals surface area contributed by atoms with Crippen molar-refractivity contribution in [3.05, 3.63) is 0 Å². The lowest BCUT2D eigenvalue weighted by Gasteiger charge is -2.24. The average Bonchev–Trinajstić information content (AvgIpc) is 2.12. The fraction of sp³-hybridized carbons (Fsp3) is 0.875. The van der Waals surface area contributed by atoms with E-state index in [0.717, 1.165) is 0 Å².